The summed E-state index contributed by atoms with van der Waals surface area (Å²) in [5.41, 5.74) is 3.23. The van der Waals surface area contributed by atoms with Crippen LogP contribution in [0, 0.1) is 5.92 Å². The Balaban J connectivity index is 1.42. The average molecular weight is 544 g/mol. The molecule has 0 bridgehead atoms. The fourth-order valence-corrected chi connectivity index (χ4v) is 4.91. The molecule has 40 heavy (non-hydrogen) atoms. The highest BCUT2D eigenvalue weighted by atomic mass is 16.7. The van der Waals surface area contributed by atoms with Gasteiger partial charge in [0.1, 0.15) is 5.75 Å². The van der Waals surface area contributed by atoms with E-state index in [2.05, 4.69) is 16.5 Å². The van der Waals surface area contributed by atoms with Crippen molar-refractivity contribution >= 4 is 18.7 Å². The molecule has 1 heterocycles. The Labute approximate surface area is 236 Å². The van der Waals surface area contributed by atoms with Crippen molar-refractivity contribution in [1.82, 2.24) is 5.32 Å². The zero-order chi connectivity index (χ0) is 28.5. The number of hydrogen-bond donors (Lipinski definition) is 3. The van der Waals surface area contributed by atoms with Crippen LogP contribution in [0.4, 0.5) is 0 Å². The molecule has 8 nitrogen and oxygen atoms in total. The Kier molecular flexibility index (Phi) is 9.98. The zero-order valence-corrected chi connectivity index (χ0v) is 23.2. The van der Waals surface area contributed by atoms with Crippen LogP contribution in [0.5, 0.6) is 5.75 Å². The minimum Gasteiger partial charge on any atom is -0.496 e. The number of hydrogen-bond acceptors (Lipinski definition) is 7. The molecule has 0 saturated heterocycles. The molecule has 9 heteroatoms. The number of methoxy groups -OCH3 is 1. The number of carbonyl (C=O) groups excluding carboxylic acids is 1. The van der Waals surface area contributed by atoms with E-state index in [-0.39, 0.29) is 25.4 Å². The van der Waals surface area contributed by atoms with E-state index >= 15 is 0 Å². The maximum atomic E-state index is 13.6. The van der Waals surface area contributed by atoms with E-state index < -0.39 is 24.6 Å². The first kappa shape index (κ1) is 29.3. The van der Waals surface area contributed by atoms with E-state index in [0.29, 0.717) is 18.7 Å². The third kappa shape index (κ3) is 7.50. The van der Waals surface area contributed by atoms with Gasteiger partial charge in [-0.1, -0.05) is 85.7 Å². The van der Waals surface area contributed by atoms with Crippen molar-refractivity contribution < 1.29 is 29.2 Å². The number of para-hydroxylation sites is 1. The number of carbonyl (C=O) groups is 1. The number of rotatable bonds is 13. The Hall–Kier alpha value is -3.66. The summed E-state index contributed by atoms with van der Waals surface area (Å²) in [5.74, 6) is -0.295. The molecular weight excluding hydrogens is 507 g/mol. The fraction of sp³-hybridized carbons (Fsp3) is 0.355. The molecule has 3 aromatic rings. The van der Waals surface area contributed by atoms with Gasteiger partial charge in [0, 0.05) is 18.4 Å². The molecule has 2 atom stereocenters. The second kappa shape index (κ2) is 13.6. The lowest BCUT2D eigenvalue weighted by atomic mass is 9.74. The van der Waals surface area contributed by atoms with E-state index in [9.17, 15) is 14.8 Å². The van der Waals surface area contributed by atoms with Crippen LogP contribution in [0.15, 0.2) is 84.0 Å². The molecular formula is C31H37BN2O6. The molecule has 0 radical (unpaired) electrons. The lowest BCUT2D eigenvalue weighted by molar-refractivity contribution is -0.144. The van der Waals surface area contributed by atoms with Gasteiger partial charge in [0.25, 0.3) is 5.91 Å². The summed E-state index contributed by atoms with van der Waals surface area (Å²) in [4.78, 5) is 19.4. The molecule has 0 aromatic heterocycles. The van der Waals surface area contributed by atoms with Gasteiger partial charge in [0.15, 0.2) is 0 Å². The highest BCUT2D eigenvalue weighted by Crippen LogP contribution is 2.31. The van der Waals surface area contributed by atoms with E-state index in [0.717, 1.165) is 28.0 Å². The van der Waals surface area contributed by atoms with Crippen LogP contribution in [0.2, 0.25) is 0 Å². The molecule has 1 aliphatic heterocycles. The van der Waals surface area contributed by atoms with E-state index in [4.69, 9.17) is 14.3 Å². The van der Waals surface area contributed by atoms with Crippen molar-refractivity contribution in [3.63, 3.8) is 0 Å². The van der Waals surface area contributed by atoms with Crippen LogP contribution >= 0.6 is 0 Å². The highest BCUT2D eigenvalue weighted by Gasteiger charge is 2.48. The van der Waals surface area contributed by atoms with E-state index in [1.165, 1.54) is 0 Å². The topological polar surface area (TPSA) is 110 Å². The second-order valence-electron chi connectivity index (χ2n) is 10.6. The van der Waals surface area contributed by atoms with Crippen molar-refractivity contribution in [2.24, 2.45) is 11.1 Å². The van der Waals surface area contributed by atoms with Gasteiger partial charge in [-0.25, -0.2) is 0 Å². The summed E-state index contributed by atoms with van der Waals surface area (Å²) in [6.45, 7) is 4.46. The number of nitrogens with one attached hydrogen (secondary N) is 1. The fourth-order valence-electron chi connectivity index (χ4n) is 4.91. The molecule has 0 fully saturated rings. The van der Waals surface area contributed by atoms with Crippen molar-refractivity contribution in [2.45, 2.75) is 51.3 Å². The summed E-state index contributed by atoms with van der Waals surface area (Å²) in [5, 5.41) is 26.8. The monoisotopic (exact) mass is 544 g/mol. The van der Waals surface area contributed by atoms with Crippen LogP contribution in [0.1, 0.15) is 37.8 Å². The smallest absolute Gasteiger partial charge is 0.475 e. The zero-order valence-electron chi connectivity index (χ0n) is 23.2. The molecule has 1 amide bonds. The first-order chi connectivity index (χ1) is 19.3. The molecule has 4 rings (SSSR count). The summed E-state index contributed by atoms with van der Waals surface area (Å²) in [6.07, 6.45) is 0.921. The number of nitrogens with zero attached hydrogens (tertiary/aromatic N) is 1. The molecule has 0 saturated carbocycles. The molecule has 1 aliphatic rings. The maximum Gasteiger partial charge on any atom is 0.475 e. The normalized spacial score (nSPS) is 17.2. The van der Waals surface area contributed by atoms with E-state index in [1.54, 1.807) is 7.11 Å². The van der Waals surface area contributed by atoms with Crippen molar-refractivity contribution in [2.75, 3.05) is 13.7 Å². The van der Waals surface area contributed by atoms with Crippen molar-refractivity contribution in [3.8, 4) is 16.9 Å². The minimum atomic E-state index is -1.68. The average Bonchev–Trinajstić information content (AvgIpc) is 3.36. The third-order valence-corrected chi connectivity index (χ3v) is 6.87. The predicted octanol–water partition coefficient (Wildman–Crippen LogP) is 4.18. The number of benzene rings is 3. The van der Waals surface area contributed by atoms with Gasteiger partial charge in [-0.3, -0.25) is 4.79 Å². The van der Waals surface area contributed by atoms with Gasteiger partial charge in [0.2, 0.25) is 5.60 Å². The van der Waals surface area contributed by atoms with Gasteiger partial charge in [-0.2, -0.15) is 0 Å². The lowest BCUT2D eigenvalue weighted by Crippen LogP contribution is -2.56. The Morgan fingerprint density at radius 3 is 2.48 bits per heavy atom. The summed E-state index contributed by atoms with van der Waals surface area (Å²) < 4.78 is 11.5. The molecule has 3 aromatic carbocycles. The summed E-state index contributed by atoms with van der Waals surface area (Å²) in [7, 11) is -0.0260. The van der Waals surface area contributed by atoms with Crippen LogP contribution in [0.3, 0.4) is 0 Å². The Morgan fingerprint density at radius 1 is 1.02 bits per heavy atom. The summed E-state index contributed by atoms with van der Waals surface area (Å²) >= 11 is 0. The second-order valence-corrected chi connectivity index (χ2v) is 10.6. The maximum absolute atomic E-state index is 13.6. The molecule has 210 valence electrons. The SMILES string of the molecule is COc1ccccc1-c1cccc(COCC2=NOC(Cc3ccccc3)(C(=O)NC(CC(C)C)B(O)O)C2)c1. The Bertz CT molecular complexity index is 1300. The van der Waals surface area contributed by atoms with E-state index in [1.807, 2.05) is 86.6 Å². The molecule has 2 unspecified atom stereocenters. The van der Waals surface area contributed by atoms with Crippen molar-refractivity contribution in [1.29, 1.82) is 0 Å². The highest BCUT2D eigenvalue weighted by molar-refractivity contribution is 6.43. The molecule has 0 aliphatic carbocycles. The summed E-state index contributed by atoms with van der Waals surface area (Å²) in [6, 6.07) is 25.5. The predicted molar refractivity (Wildman–Crippen MR) is 156 cm³/mol. The van der Waals surface area contributed by atoms with Gasteiger partial charge in [0.05, 0.1) is 32.0 Å². The third-order valence-electron chi connectivity index (χ3n) is 6.87. The molecule has 0 spiro atoms. The lowest BCUT2D eigenvalue weighted by Gasteiger charge is -2.29. The van der Waals surface area contributed by atoms with Gasteiger partial charge < -0.3 is 29.7 Å². The Morgan fingerprint density at radius 2 is 1.75 bits per heavy atom. The van der Waals surface area contributed by atoms with Crippen LogP contribution in [-0.2, 0) is 27.4 Å². The minimum absolute atomic E-state index is 0.156. The van der Waals surface area contributed by atoms with Crippen LogP contribution < -0.4 is 10.1 Å². The number of amides is 1. The van der Waals surface area contributed by atoms with Gasteiger partial charge in [-0.05, 0) is 41.2 Å². The molecule has 3 N–H and O–H groups in total. The first-order valence-corrected chi connectivity index (χ1v) is 13.5. The number of oxime groups is 1. The standard InChI is InChI=1S/C31H37BN2O6/c1-22(2)16-29(32(36)37)33-30(35)31(18-23-10-5-4-6-11-23)19-26(34-40-31)21-39-20-24-12-9-13-25(17-24)27-14-7-8-15-28(27)38-3/h4-15,17,22,29,36-37H,16,18-21H2,1-3H3,(H,33,35). The van der Waals surface area contributed by atoms with Crippen LogP contribution in [0.25, 0.3) is 11.1 Å². The van der Waals surface area contributed by atoms with Crippen molar-refractivity contribution in [3.05, 3.63) is 90.0 Å². The quantitative estimate of drug-likeness (QED) is 0.279. The van der Waals surface area contributed by atoms with Gasteiger partial charge >= 0.3 is 7.12 Å². The van der Waals surface area contributed by atoms with Gasteiger partial charge in [-0.15, -0.1) is 0 Å². The first-order valence-electron chi connectivity index (χ1n) is 13.5. The van der Waals surface area contributed by atoms with Crippen LogP contribution in [-0.4, -0.2) is 54.0 Å². The largest absolute Gasteiger partial charge is 0.496 e. The number of ether oxygens (including phenoxy) is 2.